The largest absolute Gasteiger partial charge is 0.367 e. The van der Waals surface area contributed by atoms with Crippen LogP contribution in [0.4, 0.5) is 0 Å². The zero-order valence-corrected chi connectivity index (χ0v) is 6.36. The molecule has 0 saturated heterocycles. The molecule has 0 aromatic heterocycles. The van der Waals surface area contributed by atoms with Crippen molar-refractivity contribution >= 4 is 7.60 Å². The average molecular weight is 169 g/mol. The summed E-state index contributed by atoms with van der Waals surface area (Å²) in [6.45, 7) is 3.04. The summed E-state index contributed by atoms with van der Waals surface area (Å²) < 4.78 is 14.6. The van der Waals surface area contributed by atoms with Crippen molar-refractivity contribution < 1.29 is 24.2 Å². The molecule has 6 heteroatoms. The highest BCUT2D eigenvalue weighted by Gasteiger charge is 2.30. The zero-order chi connectivity index (χ0) is 8.36. The van der Waals surface area contributed by atoms with Crippen molar-refractivity contribution in [3.05, 3.63) is 6.92 Å². The summed E-state index contributed by atoms with van der Waals surface area (Å²) in [5, 5.41) is 8.69. The number of aliphatic hydroxyl groups excluding tert-OH is 1. The normalized spacial score (nSPS) is 18.5. The van der Waals surface area contributed by atoms with Crippen molar-refractivity contribution in [1.29, 1.82) is 0 Å². The van der Waals surface area contributed by atoms with E-state index in [1.807, 2.05) is 0 Å². The first-order chi connectivity index (χ1) is 4.39. The van der Waals surface area contributed by atoms with Gasteiger partial charge in [0.05, 0.1) is 0 Å². The Morgan fingerprint density at radius 2 is 2.00 bits per heavy atom. The summed E-state index contributed by atoms with van der Waals surface area (Å²) in [4.78, 5) is 16.8. The maximum absolute atomic E-state index is 10.3. The fourth-order valence-corrected chi connectivity index (χ4v) is 0.777. The third-order valence-electron chi connectivity index (χ3n) is 1.00. The first kappa shape index (κ1) is 10.1. The number of rotatable bonds is 3. The van der Waals surface area contributed by atoms with E-state index in [4.69, 9.17) is 14.9 Å². The Kier molecular flexibility index (Phi) is 3.48. The van der Waals surface area contributed by atoms with Gasteiger partial charge in [0.2, 0.25) is 0 Å². The lowest BCUT2D eigenvalue weighted by Gasteiger charge is -2.17. The summed E-state index contributed by atoms with van der Waals surface area (Å²) in [5.41, 5.74) is -1.42. The molecule has 3 N–H and O–H groups in total. The van der Waals surface area contributed by atoms with Gasteiger partial charge in [-0.05, 0) is 6.92 Å². The van der Waals surface area contributed by atoms with Gasteiger partial charge >= 0.3 is 7.60 Å². The molecule has 2 atom stereocenters. The summed E-state index contributed by atoms with van der Waals surface area (Å²) in [7, 11) is -3.18. The van der Waals surface area contributed by atoms with Crippen LogP contribution in [0.15, 0.2) is 0 Å². The van der Waals surface area contributed by atoms with Gasteiger partial charge in [0, 0.05) is 7.11 Å². The lowest BCUT2D eigenvalue weighted by atomic mass is 10.5. The Balaban J connectivity index is 4.08. The van der Waals surface area contributed by atoms with Gasteiger partial charge in [-0.25, -0.2) is 0 Å². The Morgan fingerprint density at radius 3 is 2.10 bits per heavy atom. The first-order valence-corrected chi connectivity index (χ1v) is 4.17. The Bertz CT molecular complexity index is 141. The summed E-state index contributed by atoms with van der Waals surface area (Å²) in [6, 6.07) is 0. The molecule has 0 aliphatic carbocycles. The van der Waals surface area contributed by atoms with Crippen LogP contribution in [0.25, 0.3) is 0 Å². The molecule has 0 amide bonds. The zero-order valence-electron chi connectivity index (χ0n) is 5.47. The highest BCUT2D eigenvalue weighted by Crippen LogP contribution is 2.42. The quantitative estimate of drug-likeness (QED) is 0.385. The number of methoxy groups -OCH3 is 1. The van der Waals surface area contributed by atoms with Gasteiger partial charge in [0.1, 0.15) is 5.66 Å². The maximum atomic E-state index is 10.3. The van der Waals surface area contributed by atoms with Gasteiger partial charge in [-0.3, -0.25) is 4.57 Å². The Morgan fingerprint density at radius 1 is 1.60 bits per heavy atom. The van der Waals surface area contributed by atoms with Crippen LogP contribution in [0.2, 0.25) is 0 Å². The van der Waals surface area contributed by atoms with Crippen LogP contribution in [0.3, 0.4) is 0 Å². The summed E-state index contributed by atoms with van der Waals surface area (Å²) in [5.74, 6) is 0. The van der Waals surface area contributed by atoms with E-state index in [0.717, 1.165) is 7.11 Å². The number of aliphatic hydroxyl groups is 1. The van der Waals surface area contributed by atoms with E-state index in [-0.39, 0.29) is 0 Å². The standard InChI is InChI=1S/C4H10O5P/c1-3(4(5)9-2)10(6,7)8/h3-5H,1H2,2H3,(H2,6,7,8). The molecule has 2 unspecified atom stereocenters. The minimum atomic E-state index is -4.32. The van der Waals surface area contributed by atoms with Crippen LogP contribution in [-0.2, 0) is 9.30 Å². The monoisotopic (exact) mass is 169 g/mol. The van der Waals surface area contributed by atoms with Gasteiger partial charge in [-0.1, -0.05) is 0 Å². The third kappa shape index (κ3) is 2.77. The van der Waals surface area contributed by atoms with E-state index < -0.39 is 19.5 Å². The molecule has 0 rings (SSSR count). The second kappa shape index (κ2) is 3.46. The van der Waals surface area contributed by atoms with Gasteiger partial charge in [-0.2, -0.15) is 0 Å². The Labute approximate surface area is 58.8 Å². The molecule has 0 spiro atoms. The molecule has 10 heavy (non-hydrogen) atoms. The molecule has 61 valence electrons. The fourth-order valence-electron chi connectivity index (χ4n) is 0.323. The molecule has 0 aromatic rings. The van der Waals surface area contributed by atoms with Crippen LogP contribution in [0.1, 0.15) is 0 Å². The molecule has 0 aliphatic heterocycles. The molecular formula is C4H10O5P. The van der Waals surface area contributed by atoms with E-state index >= 15 is 0 Å². The predicted molar refractivity (Wildman–Crippen MR) is 34.2 cm³/mol. The second-order valence-corrected chi connectivity index (χ2v) is 3.62. The highest BCUT2D eigenvalue weighted by molar-refractivity contribution is 7.52. The van der Waals surface area contributed by atoms with Crippen LogP contribution in [0, 0.1) is 6.92 Å². The van der Waals surface area contributed by atoms with Gasteiger partial charge in [0.15, 0.2) is 6.29 Å². The van der Waals surface area contributed by atoms with Crippen molar-refractivity contribution in [2.75, 3.05) is 7.11 Å². The number of ether oxygens (including phenoxy) is 1. The SMILES string of the molecule is [CH2]C(C(O)OC)P(=O)(O)O. The lowest BCUT2D eigenvalue weighted by Crippen LogP contribution is -2.24. The van der Waals surface area contributed by atoms with E-state index in [2.05, 4.69) is 11.7 Å². The van der Waals surface area contributed by atoms with Gasteiger partial charge in [0.25, 0.3) is 0 Å². The molecule has 0 heterocycles. The fraction of sp³-hybridized carbons (Fsp3) is 0.750. The molecule has 0 bridgehead atoms. The van der Waals surface area contributed by atoms with Crippen LogP contribution < -0.4 is 0 Å². The molecule has 5 nitrogen and oxygen atoms in total. The minimum absolute atomic E-state index is 1.14. The summed E-state index contributed by atoms with van der Waals surface area (Å²) in [6.07, 6.45) is -1.51. The Hall–Kier alpha value is 0.0700. The molecular weight excluding hydrogens is 159 g/mol. The van der Waals surface area contributed by atoms with Crippen molar-refractivity contribution in [2.45, 2.75) is 11.9 Å². The average Bonchev–Trinajstić information content (AvgIpc) is 1.83. The predicted octanol–water partition coefficient (Wildman–Crippen LogP) is -0.668. The van der Waals surface area contributed by atoms with Crippen molar-refractivity contribution in [2.24, 2.45) is 0 Å². The van der Waals surface area contributed by atoms with Crippen molar-refractivity contribution in [3.8, 4) is 0 Å². The van der Waals surface area contributed by atoms with Crippen LogP contribution in [0.5, 0.6) is 0 Å². The van der Waals surface area contributed by atoms with Crippen molar-refractivity contribution in [3.63, 3.8) is 0 Å². The van der Waals surface area contributed by atoms with E-state index in [1.165, 1.54) is 0 Å². The summed E-state index contributed by atoms with van der Waals surface area (Å²) >= 11 is 0. The molecule has 1 radical (unpaired) electrons. The van der Waals surface area contributed by atoms with E-state index in [1.54, 1.807) is 0 Å². The molecule has 0 fully saturated rings. The molecule has 0 saturated carbocycles. The van der Waals surface area contributed by atoms with Gasteiger partial charge in [-0.15, -0.1) is 0 Å². The molecule has 0 aliphatic rings. The smallest absolute Gasteiger partial charge is 0.333 e. The van der Waals surface area contributed by atoms with Gasteiger partial charge < -0.3 is 19.6 Å². The highest BCUT2D eigenvalue weighted by atomic mass is 31.2. The first-order valence-electron chi connectivity index (χ1n) is 2.48. The molecule has 0 aromatic carbocycles. The second-order valence-electron chi connectivity index (χ2n) is 1.78. The lowest BCUT2D eigenvalue weighted by molar-refractivity contribution is -0.0712. The number of hydrogen-bond donors (Lipinski definition) is 3. The van der Waals surface area contributed by atoms with Crippen molar-refractivity contribution in [1.82, 2.24) is 0 Å². The third-order valence-corrected chi connectivity index (χ3v) is 2.12. The van der Waals surface area contributed by atoms with E-state index in [0.29, 0.717) is 0 Å². The maximum Gasteiger partial charge on any atom is 0.333 e. The minimum Gasteiger partial charge on any atom is -0.367 e. The topological polar surface area (TPSA) is 87.0 Å². The number of hydrogen-bond acceptors (Lipinski definition) is 3. The van der Waals surface area contributed by atoms with E-state index in [9.17, 15) is 4.57 Å². The van der Waals surface area contributed by atoms with Crippen LogP contribution in [-0.4, -0.2) is 34.0 Å². The van der Waals surface area contributed by atoms with Crippen LogP contribution >= 0.6 is 7.60 Å².